The smallest absolute Gasteiger partial charge is 0.296 e. The fourth-order valence-corrected chi connectivity index (χ4v) is 4.05. The first-order chi connectivity index (χ1) is 12.4. The van der Waals surface area contributed by atoms with Crippen molar-refractivity contribution >= 4 is 54.0 Å². The molecule has 0 saturated heterocycles. The Bertz CT molecular complexity index is 1270. The van der Waals surface area contributed by atoms with Crippen LogP contribution >= 0.6 is 11.6 Å². The van der Waals surface area contributed by atoms with Gasteiger partial charge in [-0.1, -0.05) is 17.7 Å². The van der Waals surface area contributed by atoms with Crippen LogP contribution < -0.4 is 5.32 Å². The normalized spacial score (nSPS) is 12.3. The molecule has 8 nitrogen and oxygen atoms in total. The van der Waals surface area contributed by atoms with Gasteiger partial charge in [0.15, 0.2) is 0 Å². The number of fused-ring (bicyclic) bond motifs is 1. The highest BCUT2D eigenvalue weighted by Gasteiger charge is 2.16. The Balaban J connectivity index is 1.99. The van der Waals surface area contributed by atoms with Gasteiger partial charge in [0.05, 0.1) is 9.92 Å². The summed E-state index contributed by atoms with van der Waals surface area (Å²) in [7, 11) is -8.89. The Kier molecular flexibility index (Phi) is 4.78. The van der Waals surface area contributed by atoms with E-state index in [1.54, 1.807) is 6.07 Å². The van der Waals surface area contributed by atoms with Crippen LogP contribution in [0.4, 0.5) is 11.4 Å². The molecule has 0 aliphatic heterocycles. The SMILES string of the molecule is O=S(=O)(O)c1cc(O)c2cc(Nc3ccc(S(=O)(=O)O)c(Cl)c3)ccc2c1. The maximum atomic E-state index is 11.2. The standard InChI is InChI=1S/C16H12ClNO7S2/c17-14-7-11(3-4-16(14)27(23,24)25)18-10-2-1-9-5-12(26(20,21)22)8-15(19)13(9)6-10/h1-8,18-19H,(H,20,21,22)(H,23,24,25). The van der Waals surface area contributed by atoms with Gasteiger partial charge in [0.1, 0.15) is 10.6 Å². The van der Waals surface area contributed by atoms with Gasteiger partial charge in [-0.3, -0.25) is 9.11 Å². The zero-order valence-corrected chi connectivity index (χ0v) is 15.7. The largest absolute Gasteiger partial charge is 0.507 e. The number of anilines is 2. The minimum absolute atomic E-state index is 0.177. The van der Waals surface area contributed by atoms with Crippen LogP contribution in [-0.4, -0.2) is 31.0 Å². The highest BCUT2D eigenvalue weighted by Crippen LogP contribution is 2.32. The van der Waals surface area contributed by atoms with Crippen LogP contribution in [0.25, 0.3) is 10.8 Å². The van der Waals surface area contributed by atoms with Crippen molar-refractivity contribution in [3.8, 4) is 5.75 Å². The van der Waals surface area contributed by atoms with Crippen molar-refractivity contribution in [2.75, 3.05) is 5.32 Å². The first-order valence-electron chi connectivity index (χ1n) is 7.23. The summed E-state index contributed by atoms with van der Waals surface area (Å²) in [5.41, 5.74) is 0.911. The van der Waals surface area contributed by atoms with Gasteiger partial charge in [-0.25, -0.2) is 0 Å². The molecule has 0 fully saturated rings. The van der Waals surface area contributed by atoms with Gasteiger partial charge < -0.3 is 10.4 Å². The molecule has 3 rings (SSSR count). The predicted molar refractivity (Wildman–Crippen MR) is 100.0 cm³/mol. The molecule has 0 heterocycles. The lowest BCUT2D eigenvalue weighted by atomic mass is 10.1. The second-order valence-electron chi connectivity index (χ2n) is 5.60. The third-order valence-electron chi connectivity index (χ3n) is 3.70. The van der Waals surface area contributed by atoms with Gasteiger partial charge in [0, 0.05) is 22.8 Å². The number of rotatable bonds is 4. The third-order valence-corrected chi connectivity index (χ3v) is 5.87. The molecular weight excluding hydrogens is 418 g/mol. The van der Waals surface area contributed by atoms with E-state index >= 15 is 0 Å². The zero-order chi connectivity index (χ0) is 20.0. The second-order valence-corrected chi connectivity index (χ2v) is 8.82. The molecule has 4 N–H and O–H groups in total. The number of phenolic OH excluding ortho intramolecular Hbond substituents is 1. The fourth-order valence-electron chi connectivity index (χ4n) is 2.49. The third kappa shape index (κ3) is 4.15. The van der Waals surface area contributed by atoms with E-state index in [9.17, 15) is 21.9 Å². The van der Waals surface area contributed by atoms with E-state index in [1.807, 2.05) is 0 Å². The summed E-state index contributed by atoms with van der Waals surface area (Å²) >= 11 is 5.86. The van der Waals surface area contributed by atoms with Gasteiger partial charge in [-0.2, -0.15) is 16.8 Å². The monoisotopic (exact) mass is 429 g/mol. The van der Waals surface area contributed by atoms with Crippen molar-refractivity contribution in [1.29, 1.82) is 0 Å². The number of phenols is 1. The molecule has 0 aliphatic carbocycles. The first-order valence-corrected chi connectivity index (χ1v) is 10.5. The summed E-state index contributed by atoms with van der Waals surface area (Å²) in [5, 5.41) is 13.5. The van der Waals surface area contributed by atoms with Crippen molar-refractivity contribution in [2.45, 2.75) is 9.79 Å². The number of hydrogen-bond donors (Lipinski definition) is 4. The summed E-state index contributed by atoms with van der Waals surface area (Å²) in [6, 6.07) is 10.6. The van der Waals surface area contributed by atoms with Crippen molar-refractivity contribution in [3.05, 3.63) is 53.6 Å². The Morgan fingerprint density at radius 1 is 0.815 bits per heavy atom. The molecule has 0 radical (unpaired) electrons. The zero-order valence-electron chi connectivity index (χ0n) is 13.3. The molecule has 0 unspecified atom stereocenters. The van der Waals surface area contributed by atoms with Crippen molar-refractivity contribution in [2.24, 2.45) is 0 Å². The van der Waals surface area contributed by atoms with Crippen LogP contribution in [0.5, 0.6) is 5.75 Å². The predicted octanol–water partition coefficient (Wildman–Crippen LogP) is 3.44. The number of aromatic hydroxyl groups is 1. The molecule has 3 aromatic rings. The fraction of sp³-hybridized carbons (Fsp3) is 0. The van der Waals surface area contributed by atoms with Crippen LogP contribution in [-0.2, 0) is 20.2 Å². The maximum absolute atomic E-state index is 11.2. The Hall–Kier alpha value is -2.37. The molecule has 27 heavy (non-hydrogen) atoms. The lowest BCUT2D eigenvalue weighted by Gasteiger charge is -2.11. The van der Waals surface area contributed by atoms with Gasteiger partial charge >= 0.3 is 0 Å². The van der Waals surface area contributed by atoms with Crippen LogP contribution in [0.3, 0.4) is 0 Å². The molecule has 0 amide bonds. The molecule has 0 aromatic heterocycles. The molecule has 0 atom stereocenters. The van der Waals surface area contributed by atoms with Crippen LogP contribution in [0, 0.1) is 0 Å². The number of hydrogen-bond acceptors (Lipinski definition) is 6. The van der Waals surface area contributed by atoms with E-state index in [4.69, 9.17) is 20.7 Å². The Morgan fingerprint density at radius 2 is 1.44 bits per heavy atom. The highest BCUT2D eigenvalue weighted by atomic mass is 35.5. The van der Waals surface area contributed by atoms with E-state index in [-0.39, 0.29) is 10.8 Å². The van der Waals surface area contributed by atoms with Crippen LogP contribution in [0.1, 0.15) is 0 Å². The number of benzene rings is 3. The van der Waals surface area contributed by atoms with E-state index in [2.05, 4.69) is 5.32 Å². The van der Waals surface area contributed by atoms with E-state index < -0.39 is 30.0 Å². The molecular formula is C16H12ClNO7S2. The Labute approximate surface area is 159 Å². The molecule has 11 heteroatoms. The molecule has 0 saturated carbocycles. The lowest BCUT2D eigenvalue weighted by molar-refractivity contribution is 0.471. The lowest BCUT2D eigenvalue weighted by Crippen LogP contribution is -2.00. The maximum Gasteiger partial charge on any atom is 0.296 e. The van der Waals surface area contributed by atoms with Gasteiger partial charge in [-0.05, 0) is 41.8 Å². The van der Waals surface area contributed by atoms with Crippen molar-refractivity contribution in [1.82, 2.24) is 0 Å². The summed E-state index contributed by atoms with van der Waals surface area (Å²) in [4.78, 5) is -0.857. The summed E-state index contributed by atoms with van der Waals surface area (Å²) < 4.78 is 62.9. The molecule has 3 aromatic carbocycles. The summed E-state index contributed by atoms with van der Waals surface area (Å²) in [5.74, 6) is -0.344. The van der Waals surface area contributed by atoms with Gasteiger partial charge in [-0.15, -0.1) is 0 Å². The molecule has 0 bridgehead atoms. The molecule has 0 aliphatic rings. The van der Waals surface area contributed by atoms with Crippen molar-refractivity contribution < 1.29 is 31.0 Å². The van der Waals surface area contributed by atoms with E-state index in [0.29, 0.717) is 22.1 Å². The highest BCUT2D eigenvalue weighted by molar-refractivity contribution is 7.86. The first kappa shape index (κ1) is 19.4. The number of halogens is 1. The summed E-state index contributed by atoms with van der Waals surface area (Å²) in [6.45, 7) is 0. The topological polar surface area (TPSA) is 141 Å². The number of nitrogens with one attached hydrogen (secondary N) is 1. The van der Waals surface area contributed by atoms with Gasteiger partial charge in [0.25, 0.3) is 20.2 Å². The average Bonchev–Trinajstić information content (AvgIpc) is 2.53. The molecule has 142 valence electrons. The van der Waals surface area contributed by atoms with Crippen LogP contribution in [0.15, 0.2) is 58.3 Å². The van der Waals surface area contributed by atoms with Crippen molar-refractivity contribution in [3.63, 3.8) is 0 Å². The quantitative estimate of drug-likeness (QED) is 0.462. The average molecular weight is 430 g/mol. The molecule has 0 spiro atoms. The van der Waals surface area contributed by atoms with E-state index in [0.717, 1.165) is 12.1 Å². The second kappa shape index (κ2) is 6.66. The van der Waals surface area contributed by atoms with E-state index in [1.165, 1.54) is 30.3 Å². The van der Waals surface area contributed by atoms with Gasteiger partial charge in [0.2, 0.25) is 0 Å². The summed E-state index contributed by atoms with van der Waals surface area (Å²) in [6.07, 6.45) is 0. The van der Waals surface area contributed by atoms with Crippen LogP contribution in [0.2, 0.25) is 5.02 Å². The Morgan fingerprint density at radius 3 is 2.04 bits per heavy atom. The minimum atomic E-state index is -4.46. The minimum Gasteiger partial charge on any atom is -0.507 e.